The lowest BCUT2D eigenvalue weighted by molar-refractivity contribution is -0.123. The van der Waals surface area contributed by atoms with Gasteiger partial charge in [-0.05, 0) is 19.1 Å². The molecule has 2 aromatic rings. The van der Waals surface area contributed by atoms with Crippen molar-refractivity contribution in [2.75, 3.05) is 18.7 Å². The van der Waals surface area contributed by atoms with E-state index in [-0.39, 0.29) is 31.6 Å². The lowest BCUT2D eigenvalue weighted by Gasteiger charge is -2.07. The summed E-state index contributed by atoms with van der Waals surface area (Å²) in [6.07, 6.45) is 0.0641. The lowest BCUT2D eigenvalue weighted by atomic mass is 10.2. The molecule has 2 amide bonds. The van der Waals surface area contributed by atoms with Gasteiger partial charge in [-0.25, -0.2) is 0 Å². The van der Waals surface area contributed by atoms with Crippen LogP contribution in [0.3, 0.4) is 0 Å². The standard InChI is InChI=1S/C15H15N3O5/c1-9-4-11(18-23-9)6-14(19)16-7-15(20)17-10-2-3-12-13(5-10)22-8-21-12/h2-5H,6-8H2,1H3,(H,16,19)(H,17,20). The first-order valence-corrected chi connectivity index (χ1v) is 6.98. The highest BCUT2D eigenvalue weighted by molar-refractivity contribution is 5.95. The molecule has 8 heteroatoms. The Kier molecular flexibility index (Phi) is 4.13. The van der Waals surface area contributed by atoms with Crippen molar-refractivity contribution in [2.24, 2.45) is 0 Å². The number of nitrogens with zero attached hydrogens (tertiary/aromatic N) is 1. The Balaban J connectivity index is 1.47. The first-order chi connectivity index (χ1) is 11.1. The summed E-state index contributed by atoms with van der Waals surface area (Å²) in [5.41, 5.74) is 1.09. The Morgan fingerprint density at radius 1 is 1.17 bits per heavy atom. The van der Waals surface area contributed by atoms with Crippen molar-refractivity contribution >= 4 is 17.5 Å². The van der Waals surface area contributed by atoms with Gasteiger partial charge >= 0.3 is 0 Å². The molecule has 0 saturated carbocycles. The van der Waals surface area contributed by atoms with Crippen LogP contribution in [0.4, 0.5) is 5.69 Å². The summed E-state index contributed by atoms with van der Waals surface area (Å²) in [5, 5.41) is 8.92. The molecule has 0 atom stereocenters. The van der Waals surface area contributed by atoms with Crippen LogP contribution in [0.2, 0.25) is 0 Å². The fourth-order valence-electron chi connectivity index (χ4n) is 2.09. The van der Waals surface area contributed by atoms with E-state index in [2.05, 4.69) is 15.8 Å². The van der Waals surface area contributed by atoms with Crippen LogP contribution in [-0.4, -0.2) is 30.3 Å². The smallest absolute Gasteiger partial charge is 0.243 e. The summed E-state index contributed by atoms with van der Waals surface area (Å²) in [4.78, 5) is 23.6. The maximum atomic E-state index is 11.8. The van der Waals surface area contributed by atoms with Crippen molar-refractivity contribution in [1.82, 2.24) is 10.5 Å². The van der Waals surface area contributed by atoms with E-state index >= 15 is 0 Å². The summed E-state index contributed by atoms with van der Waals surface area (Å²) in [6, 6.07) is 6.75. The third-order valence-corrected chi connectivity index (χ3v) is 3.12. The van der Waals surface area contributed by atoms with E-state index in [4.69, 9.17) is 14.0 Å². The van der Waals surface area contributed by atoms with E-state index in [1.54, 1.807) is 31.2 Å². The van der Waals surface area contributed by atoms with Gasteiger partial charge in [0.2, 0.25) is 18.6 Å². The first-order valence-electron chi connectivity index (χ1n) is 6.98. The molecule has 0 radical (unpaired) electrons. The zero-order valence-corrected chi connectivity index (χ0v) is 12.4. The normalized spacial score (nSPS) is 12.0. The van der Waals surface area contributed by atoms with Crippen LogP contribution in [0.1, 0.15) is 11.5 Å². The lowest BCUT2D eigenvalue weighted by Crippen LogP contribution is -2.33. The number of carbonyl (C=O) groups is 2. The summed E-state index contributed by atoms with van der Waals surface area (Å²) in [6.45, 7) is 1.78. The number of hydrogen-bond donors (Lipinski definition) is 2. The number of ether oxygens (including phenoxy) is 2. The van der Waals surface area contributed by atoms with E-state index in [9.17, 15) is 9.59 Å². The second kappa shape index (κ2) is 6.39. The van der Waals surface area contributed by atoms with Gasteiger partial charge in [0, 0.05) is 17.8 Å². The quantitative estimate of drug-likeness (QED) is 0.853. The molecule has 8 nitrogen and oxygen atoms in total. The molecular weight excluding hydrogens is 302 g/mol. The minimum Gasteiger partial charge on any atom is -0.454 e. The number of anilines is 1. The number of hydrogen-bond acceptors (Lipinski definition) is 6. The minimum atomic E-state index is -0.339. The third-order valence-electron chi connectivity index (χ3n) is 3.12. The van der Waals surface area contributed by atoms with E-state index < -0.39 is 0 Å². The Hall–Kier alpha value is -3.03. The molecule has 2 N–H and O–H groups in total. The number of carbonyl (C=O) groups excluding carboxylic acids is 2. The molecule has 1 aliphatic rings. The summed E-state index contributed by atoms with van der Waals surface area (Å²) >= 11 is 0. The Labute approximate surface area is 131 Å². The largest absolute Gasteiger partial charge is 0.454 e. The van der Waals surface area contributed by atoms with E-state index in [0.29, 0.717) is 28.6 Å². The topological polar surface area (TPSA) is 103 Å². The van der Waals surface area contributed by atoms with Gasteiger partial charge in [-0.3, -0.25) is 9.59 Å². The van der Waals surface area contributed by atoms with E-state index in [1.165, 1.54) is 0 Å². The van der Waals surface area contributed by atoms with Crippen LogP contribution in [0.15, 0.2) is 28.8 Å². The third kappa shape index (κ3) is 3.79. The summed E-state index contributed by atoms with van der Waals surface area (Å²) in [5.74, 6) is 1.20. The van der Waals surface area contributed by atoms with Gasteiger partial charge in [0.05, 0.1) is 18.7 Å². The molecule has 23 heavy (non-hydrogen) atoms. The van der Waals surface area contributed by atoms with Crippen molar-refractivity contribution in [3.8, 4) is 11.5 Å². The van der Waals surface area contributed by atoms with Crippen LogP contribution in [0.25, 0.3) is 0 Å². The highest BCUT2D eigenvalue weighted by Gasteiger charge is 2.14. The Bertz CT molecular complexity index is 740. The molecular formula is C15H15N3O5. The van der Waals surface area contributed by atoms with Crippen LogP contribution in [0.5, 0.6) is 11.5 Å². The number of aryl methyl sites for hydroxylation is 1. The Morgan fingerprint density at radius 2 is 2.00 bits per heavy atom. The van der Waals surface area contributed by atoms with Gasteiger partial charge in [-0.2, -0.15) is 0 Å². The second-order valence-electron chi connectivity index (χ2n) is 5.00. The molecule has 2 heterocycles. The van der Waals surface area contributed by atoms with Crippen molar-refractivity contribution in [3.63, 3.8) is 0 Å². The molecule has 0 aliphatic carbocycles. The van der Waals surface area contributed by atoms with Crippen molar-refractivity contribution in [3.05, 3.63) is 35.7 Å². The molecule has 0 spiro atoms. The van der Waals surface area contributed by atoms with Crippen LogP contribution >= 0.6 is 0 Å². The van der Waals surface area contributed by atoms with Gasteiger partial charge in [-0.15, -0.1) is 0 Å². The number of aromatic nitrogens is 1. The predicted octanol–water partition coefficient (Wildman–Crippen LogP) is 1.01. The van der Waals surface area contributed by atoms with Gasteiger partial charge < -0.3 is 24.6 Å². The summed E-state index contributed by atoms with van der Waals surface area (Å²) in [7, 11) is 0. The average molecular weight is 317 g/mol. The molecule has 0 saturated heterocycles. The van der Waals surface area contributed by atoms with Crippen LogP contribution in [-0.2, 0) is 16.0 Å². The molecule has 3 rings (SSSR count). The number of benzene rings is 1. The van der Waals surface area contributed by atoms with Gasteiger partial charge in [0.1, 0.15) is 5.76 Å². The molecule has 1 aromatic heterocycles. The maximum absolute atomic E-state index is 11.8. The van der Waals surface area contributed by atoms with Crippen molar-refractivity contribution < 1.29 is 23.6 Å². The zero-order valence-electron chi connectivity index (χ0n) is 12.4. The maximum Gasteiger partial charge on any atom is 0.243 e. The first kappa shape index (κ1) is 14.9. The molecule has 120 valence electrons. The van der Waals surface area contributed by atoms with E-state index in [0.717, 1.165) is 0 Å². The van der Waals surface area contributed by atoms with Crippen LogP contribution < -0.4 is 20.1 Å². The van der Waals surface area contributed by atoms with Crippen LogP contribution in [0, 0.1) is 6.92 Å². The van der Waals surface area contributed by atoms with Gasteiger partial charge in [0.15, 0.2) is 11.5 Å². The number of amides is 2. The SMILES string of the molecule is Cc1cc(CC(=O)NCC(=O)Nc2ccc3c(c2)OCO3)no1. The van der Waals surface area contributed by atoms with E-state index in [1.807, 2.05) is 0 Å². The number of rotatable bonds is 5. The number of nitrogens with one attached hydrogen (secondary N) is 2. The molecule has 1 aliphatic heterocycles. The fourth-order valence-corrected chi connectivity index (χ4v) is 2.09. The van der Waals surface area contributed by atoms with Crippen molar-refractivity contribution in [1.29, 1.82) is 0 Å². The second-order valence-corrected chi connectivity index (χ2v) is 5.00. The molecule has 0 fully saturated rings. The number of fused-ring (bicyclic) bond motifs is 1. The van der Waals surface area contributed by atoms with Gasteiger partial charge in [0.25, 0.3) is 0 Å². The monoisotopic (exact) mass is 317 g/mol. The zero-order chi connectivity index (χ0) is 16.2. The Morgan fingerprint density at radius 3 is 2.78 bits per heavy atom. The highest BCUT2D eigenvalue weighted by atomic mass is 16.7. The molecule has 1 aromatic carbocycles. The highest BCUT2D eigenvalue weighted by Crippen LogP contribution is 2.34. The molecule has 0 bridgehead atoms. The average Bonchev–Trinajstić information content (AvgIpc) is 3.13. The molecule has 0 unspecified atom stereocenters. The van der Waals surface area contributed by atoms with Crippen molar-refractivity contribution in [2.45, 2.75) is 13.3 Å². The van der Waals surface area contributed by atoms with Gasteiger partial charge in [-0.1, -0.05) is 5.16 Å². The summed E-state index contributed by atoms with van der Waals surface area (Å²) < 4.78 is 15.3. The minimum absolute atomic E-state index is 0.0641. The fraction of sp³-hybridized carbons (Fsp3) is 0.267. The predicted molar refractivity (Wildman–Crippen MR) is 79.1 cm³/mol.